The van der Waals surface area contributed by atoms with Gasteiger partial charge < -0.3 is 10.5 Å². The Balaban J connectivity index is 1.88. The number of morpholine rings is 1. The lowest BCUT2D eigenvalue weighted by Crippen LogP contribution is -2.51. The van der Waals surface area contributed by atoms with Gasteiger partial charge in [-0.25, -0.2) is 4.39 Å². The molecular formula is C15H20ClFN2O. The van der Waals surface area contributed by atoms with Crippen LogP contribution >= 0.6 is 11.6 Å². The fourth-order valence-corrected chi connectivity index (χ4v) is 3.71. The third-order valence-corrected chi connectivity index (χ3v) is 4.71. The number of nitrogens with zero attached hydrogens (tertiary/aromatic N) is 1. The van der Waals surface area contributed by atoms with Gasteiger partial charge in [-0.1, -0.05) is 17.7 Å². The van der Waals surface area contributed by atoms with Crippen molar-refractivity contribution in [1.82, 2.24) is 4.90 Å². The molecule has 3 atom stereocenters. The molecule has 1 saturated carbocycles. The highest BCUT2D eigenvalue weighted by molar-refractivity contribution is 6.30. The Morgan fingerprint density at radius 3 is 3.05 bits per heavy atom. The van der Waals surface area contributed by atoms with Gasteiger partial charge in [0.1, 0.15) is 5.82 Å². The Bertz CT molecular complexity index is 485. The zero-order valence-electron chi connectivity index (χ0n) is 11.4. The molecule has 1 aliphatic carbocycles. The second-order valence-corrected chi connectivity index (χ2v) is 6.00. The molecule has 1 saturated heterocycles. The highest BCUT2D eigenvalue weighted by Crippen LogP contribution is 2.35. The van der Waals surface area contributed by atoms with E-state index in [9.17, 15) is 4.39 Å². The fraction of sp³-hybridized carbons (Fsp3) is 0.600. The van der Waals surface area contributed by atoms with Crippen LogP contribution in [0.4, 0.5) is 4.39 Å². The summed E-state index contributed by atoms with van der Waals surface area (Å²) in [5, 5.41) is 0.419. The minimum absolute atomic E-state index is 0.0956. The number of halogens is 2. The van der Waals surface area contributed by atoms with E-state index >= 15 is 0 Å². The lowest BCUT2D eigenvalue weighted by atomic mass is 10.00. The molecule has 1 aliphatic heterocycles. The first-order valence-corrected chi connectivity index (χ1v) is 7.61. The molecule has 110 valence electrons. The summed E-state index contributed by atoms with van der Waals surface area (Å²) in [6.45, 7) is 1.92. The SMILES string of the molecule is NCC(c1ccc(Cl)cc1F)N1CCOC2CCCC21. The molecule has 2 fully saturated rings. The third kappa shape index (κ3) is 2.58. The van der Waals surface area contributed by atoms with E-state index in [4.69, 9.17) is 22.1 Å². The lowest BCUT2D eigenvalue weighted by molar-refractivity contribution is -0.0715. The highest BCUT2D eigenvalue weighted by Gasteiger charge is 2.39. The molecule has 0 aromatic heterocycles. The molecule has 3 unspecified atom stereocenters. The summed E-state index contributed by atoms with van der Waals surface area (Å²) in [4.78, 5) is 2.33. The number of ether oxygens (including phenoxy) is 1. The first-order chi connectivity index (χ1) is 9.70. The van der Waals surface area contributed by atoms with E-state index in [1.807, 2.05) is 0 Å². The largest absolute Gasteiger partial charge is 0.375 e. The van der Waals surface area contributed by atoms with Gasteiger partial charge in [-0.15, -0.1) is 0 Å². The summed E-state index contributed by atoms with van der Waals surface area (Å²) >= 11 is 5.83. The molecule has 1 aromatic carbocycles. The molecular weight excluding hydrogens is 279 g/mol. The summed E-state index contributed by atoms with van der Waals surface area (Å²) in [7, 11) is 0. The highest BCUT2D eigenvalue weighted by atomic mass is 35.5. The van der Waals surface area contributed by atoms with E-state index in [-0.39, 0.29) is 18.0 Å². The summed E-state index contributed by atoms with van der Waals surface area (Å²) in [6.07, 6.45) is 3.66. The summed E-state index contributed by atoms with van der Waals surface area (Å²) in [5.41, 5.74) is 6.59. The normalized spacial score (nSPS) is 28.4. The van der Waals surface area contributed by atoms with Crippen molar-refractivity contribution in [1.29, 1.82) is 0 Å². The third-order valence-electron chi connectivity index (χ3n) is 4.47. The van der Waals surface area contributed by atoms with Gasteiger partial charge in [-0.05, 0) is 31.4 Å². The van der Waals surface area contributed by atoms with Crippen LogP contribution in [-0.4, -0.2) is 36.7 Å². The van der Waals surface area contributed by atoms with Crippen LogP contribution in [-0.2, 0) is 4.74 Å². The number of hydrogen-bond acceptors (Lipinski definition) is 3. The van der Waals surface area contributed by atoms with E-state index in [1.54, 1.807) is 12.1 Å². The lowest BCUT2D eigenvalue weighted by Gasteiger charge is -2.42. The predicted octanol–water partition coefficient (Wildman–Crippen LogP) is 2.73. The van der Waals surface area contributed by atoms with Gasteiger partial charge in [-0.3, -0.25) is 4.90 Å². The maximum Gasteiger partial charge on any atom is 0.129 e. The molecule has 0 amide bonds. The number of fused-ring (bicyclic) bond motifs is 1. The topological polar surface area (TPSA) is 38.5 Å². The monoisotopic (exact) mass is 298 g/mol. The first-order valence-electron chi connectivity index (χ1n) is 7.23. The summed E-state index contributed by atoms with van der Waals surface area (Å²) < 4.78 is 20.0. The number of rotatable bonds is 3. The second kappa shape index (κ2) is 5.98. The quantitative estimate of drug-likeness (QED) is 0.932. The molecule has 1 aromatic rings. The molecule has 20 heavy (non-hydrogen) atoms. The Morgan fingerprint density at radius 1 is 1.45 bits per heavy atom. The standard InChI is InChI=1S/C15H20ClFN2O/c16-10-4-5-11(12(17)8-10)14(9-18)19-6-7-20-15-3-1-2-13(15)19/h4-5,8,13-15H,1-3,6-7,9,18H2. The molecule has 0 radical (unpaired) electrons. The number of hydrogen-bond donors (Lipinski definition) is 1. The van der Waals surface area contributed by atoms with Crippen molar-refractivity contribution in [2.24, 2.45) is 5.73 Å². The van der Waals surface area contributed by atoms with Crippen molar-refractivity contribution in [2.75, 3.05) is 19.7 Å². The average Bonchev–Trinajstić information content (AvgIpc) is 2.91. The first kappa shape index (κ1) is 14.3. The van der Waals surface area contributed by atoms with E-state index < -0.39 is 0 Å². The maximum atomic E-state index is 14.2. The van der Waals surface area contributed by atoms with Crippen LogP contribution in [0.15, 0.2) is 18.2 Å². The van der Waals surface area contributed by atoms with Crippen LogP contribution in [0.25, 0.3) is 0 Å². The molecule has 1 heterocycles. The average molecular weight is 299 g/mol. The molecule has 0 spiro atoms. The molecule has 3 rings (SSSR count). The second-order valence-electron chi connectivity index (χ2n) is 5.56. The van der Waals surface area contributed by atoms with E-state index in [0.717, 1.165) is 19.4 Å². The van der Waals surface area contributed by atoms with E-state index in [0.29, 0.717) is 29.8 Å². The van der Waals surface area contributed by atoms with Crippen molar-refractivity contribution in [3.8, 4) is 0 Å². The van der Waals surface area contributed by atoms with Crippen LogP contribution in [0.3, 0.4) is 0 Å². The van der Waals surface area contributed by atoms with Crippen molar-refractivity contribution < 1.29 is 9.13 Å². The van der Waals surface area contributed by atoms with Crippen molar-refractivity contribution >= 4 is 11.6 Å². The minimum atomic E-state index is -0.269. The van der Waals surface area contributed by atoms with Crippen molar-refractivity contribution in [2.45, 2.75) is 37.5 Å². The Hall–Kier alpha value is -0.680. The van der Waals surface area contributed by atoms with Crippen LogP contribution in [0, 0.1) is 5.82 Å². The van der Waals surface area contributed by atoms with Gasteiger partial charge in [0.05, 0.1) is 18.8 Å². The van der Waals surface area contributed by atoms with Crippen LogP contribution in [0.5, 0.6) is 0 Å². The number of nitrogens with two attached hydrogens (primary N) is 1. The van der Waals surface area contributed by atoms with Crippen LogP contribution < -0.4 is 5.73 Å². The summed E-state index contributed by atoms with van der Waals surface area (Å²) in [6, 6.07) is 5.13. The minimum Gasteiger partial charge on any atom is -0.375 e. The Labute approximate surface area is 123 Å². The number of benzene rings is 1. The smallest absolute Gasteiger partial charge is 0.129 e. The van der Waals surface area contributed by atoms with Gasteiger partial charge in [0.2, 0.25) is 0 Å². The van der Waals surface area contributed by atoms with Crippen LogP contribution in [0.1, 0.15) is 30.9 Å². The molecule has 2 N–H and O–H groups in total. The van der Waals surface area contributed by atoms with Gasteiger partial charge in [-0.2, -0.15) is 0 Å². The molecule has 2 aliphatic rings. The fourth-order valence-electron chi connectivity index (χ4n) is 3.56. The predicted molar refractivity (Wildman–Crippen MR) is 77.3 cm³/mol. The molecule has 3 nitrogen and oxygen atoms in total. The van der Waals surface area contributed by atoms with Gasteiger partial charge >= 0.3 is 0 Å². The Morgan fingerprint density at radius 2 is 2.30 bits per heavy atom. The van der Waals surface area contributed by atoms with Gasteiger partial charge in [0, 0.05) is 29.7 Å². The summed E-state index contributed by atoms with van der Waals surface area (Å²) in [5.74, 6) is -0.269. The van der Waals surface area contributed by atoms with E-state index in [1.165, 1.54) is 12.5 Å². The zero-order chi connectivity index (χ0) is 14.1. The molecule has 5 heteroatoms. The Kier molecular flexibility index (Phi) is 4.26. The van der Waals surface area contributed by atoms with Crippen molar-refractivity contribution in [3.63, 3.8) is 0 Å². The van der Waals surface area contributed by atoms with Gasteiger partial charge in [0.15, 0.2) is 0 Å². The zero-order valence-corrected chi connectivity index (χ0v) is 12.2. The van der Waals surface area contributed by atoms with Crippen molar-refractivity contribution in [3.05, 3.63) is 34.6 Å². The van der Waals surface area contributed by atoms with E-state index in [2.05, 4.69) is 4.90 Å². The molecule has 0 bridgehead atoms. The van der Waals surface area contributed by atoms with Gasteiger partial charge in [0.25, 0.3) is 0 Å². The maximum absolute atomic E-state index is 14.2. The van der Waals surface area contributed by atoms with Crippen LogP contribution in [0.2, 0.25) is 5.02 Å².